The Balaban J connectivity index is 1.43. The number of anilines is 1. The van der Waals surface area contributed by atoms with Crippen LogP contribution in [0.5, 0.6) is 0 Å². The molecule has 152 valence electrons. The minimum atomic E-state index is -0.126. The van der Waals surface area contributed by atoms with Crippen molar-refractivity contribution in [3.05, 3.63) is 87.6 Å². The maximum atomic E-state index is 12.3. The quantitative estimate of drug-likeness (QED) is 0.501. The number of hydrogen-bond donors (Lipinski definition) is 2. The predicted molar refractivity (Wildman–Crippen MR) is 120 cm³/mol. The number of nitrogens with one attached hydrogen (secondary N) is 2. The van der Waals surface area contributed by atoms with Gasteiger partial charge in [-0.2, -0.15) is 11.8 Å². The number of hydrogen-bond acceptors (Lipinski definition) is 6. The topological polar surface area (TPSA) is 73.9 Å². The summed E-state index contributed by atoms with van der Waals surface area (Å²) in [4.78, 5) is 25.8. The largest absolute Gasteiger partial charge is 0.355 e. The van der Waals surface area contributed by atoms with Gasteiger partial charge in [-0.1, -0.05) is 30.3 Å². The highest BCUT2D eigenvalue weighted by molar-refractivity contribution is 7.98. The lowest BCUT2D eigenvalue weighted by molar-refractivity contribution is 0.402. The molecule has 1 aromatic carbocycles. The Hall–Kier alpha value is -2.64. The second kappa shape index (κ2) is 10.8. The number of H-pyrrole nitrogens is 1. The monoisotopic (exact) mass is 409 g/mol. The van der Waals surface area contributed by atoms with Crippen molar-refractivity contribution >= 4 is 17.7 Å². The van der Waals surface area contributed by atoms with Crippen LogP contribution in [0.25, 0.3) is 0 Å². The average molecular weight is 410 g/mol. The molecule has 0 saturated carbocycles. The van der Waals surface area contributed by atoms with E-state index < -0.39 is 0 Å². The molecule has 7 heteroatoms. The van der Waals surface area contributed by atoms with Crippen LogP contribution >= 0.6 is 11.8 Å². The van der Waals surface area contributed by atoms with E-state index in [-0.39, 0.29) is 5.56 Å². The summed E-state index contributed by atoms with van der Waals surface area (Å²) in [5.74, 6) is 2.40. The first-order valence-electron chi connectivity index (χ1n) is 9.62. The fraction of sp³-hybridized carbons (Fsp3) is 0.318. The van der Waals surface area contributed by atoms with Gasteiger partial charge in [0.1, 0.15) is 0 Å². The summed E-state index contributed by atoms with van der Waals surface area (Å²) in [5.41, 5.74) is 4.00. The van der Waals surface area contributed by atoms with Gasteiger partial charge in [-0.15, -0.1) is 0 Å². The number of aromatic amines is 1. The highest BCUT2D eigenvalue weighted by Gasteiger charge is 2.05. The van der Waals surface area contributed by atoms with Gasteiger partial charge in [-0.05, 0) is 37.4 Å². The Labute approximate surface area is 175 Å². The van der Waals surface area contributed by atoms with E-state index in [0.717, 1.165) is 30.3 Å². The van der Waals surface area contributed by atoms with Crippen LogP contribution in [0.2, 0.25) is 0 Å². The van der Waals surface area contributed by atoms with Crippen molar-refractivity contribution in [1.82, 2.24) is 19.9 Å². The highest BCUT2D eigenvalue weighted by Crippen LogP contribution is 2.14. The Morgan fingerprint density at radius 3 is 2.72 bits per heavy atom. The Morgan fingerprint density at radius 2 is 1.97 bits per heavy atom. The standard InChI is InChI=1S/C22H27N5OS/c1-27(2)15-17-6-5-7-18(12-17)16-29-11-10-24-22-25-14-19(21(28)26-22)13-20-8-3-4-9-23-20/h3-9,12,14H,10-11,13,15-16H2,1-2H3,(H2,24,25,26,28). The van der Waals surface area contributed by atoms with Crippen molar-refractivity contribution < 1.29 is 0 Å². The summed E-state index contributed by atoms with van der Waals surface area (Å²) in [6.07, 6.45) is 3.83. The first-order valence-corrected chi connectivity index (χ1v) is 10.8. The smallest absolute Gasteiger partial charge is 0.255 e. The molecule has 0 aliphatic carbocycles. The summed E-state index contributed by atoms with van der Waals surface area (Å²) in [6, 6.07) is 14.4. The minimum absolute atomic E-state index is 0.126. The summed E-state index contributed by atoms with van der Waals surface area (Å²) in [5, 5.41) is 3.19. The maximum absolute atomic E-state index is 12.3. The van der Waals surface area contributed by atoms with Crippen molar-refractivity contribution in [2.45, 2.75) is 18.7 Å². The molecule has 2 N–H and O–H groups in total. The molecule has 0 spiro atoms. The molecule has 2 aromatic heterocycles. The Kier molecular flexibility index (Phi) is 7.84. The lowest BCUT2D eigenvalue weighted by Crippen LogP contribution is -2.18. The average Bonchev–Trinajstić information content (AvgIpc) is 2.70. The van der Waals surface area contributed by atoms with Crippen molar-refractivity contribution in [2.75, 3.05) is 31.7 Å². The highest BCUT2D eigenvalue weighted by atomic mass is 32.2. The zero-order valence-electron chi connectivity index (χ0n) is 16.9. The molecule has 0 atom stereocenters. The Morgan fingerprint density at radius 1 is 1.10 bits per heavy atom. The summed E-state index contributed by atoms with van der Waals surface area (Å²) in [6.45, 7) is 1.69. The molecule has 0 aliphatic heterocycles. The molecule has 0 aliphatic rings. The van der Waals surface area contributed by atoms with E-state index in [4.69, 9.17) is 0 Å². The van der Waals surface area contributed by atoms with Gasteiger partial charge in [0.2, 0.25) is 5.95 Å². The van der Waals surface area contributed by atoms with Crippen LogP contribution in [0.4, 0.5) is 5.95 Å². The molecule has 6 nitrogen and oxygen atoms in total. The van der Waals surface area contributed by atoms with E-state index in [1.54, 1.807) is 12.4 Å². The molecule has 0 amide bonds. The van der Waals surface area contributed by atoms with Crippen LogP contribution < -0.4 is 10.9 Å². The minimum Gasteiger partial charge on any atom is -0.355 e. The predicted octanol–water partition coefficient (Wildman–Crippen LogP) is 3.16. The van der Waals surface area contributed by atoms with Crippen LogP contribution in [0, 0.1) is 0 Å². The van der Waals surface area contributed by atoms with Gasteiger partial charge < -0.3 is 10.2 Å². The van der Waals surface area contributed by atoms with E-state index in [1.165, 1.54) is 11.1 Å². The number of rotatable bonds is 10. The van der Waals surface area contributed by atoms with Crippen LogP contribution in [0.15, 0.2) is 59.7 Å². The first-order chi connectivity index (χ1) is 14.1. The molecule has 0 fully saturated rings. The van der Waals surface area contributed by atoms with Gasteiger partial charge in [0.15, 0.2) is 0 Å². The molecular weight excluding hydrogens is 382 g/mol. The zero-order valence-corrected chi connectivity index (χ0v) is 17.7. The van der Waals surface area contributed by atoms with Gasteiger partial charge >= 0.3 is 0 Å². The number of aromatic nitrogens is 3. The lowest BCUT2D eigenvalue weighted by atomic mass is 10.1. The van der Waals surface area contributed by atoms with Crippen molar-refractivity contribution in [3.63, 3.8) is 0 Å². The fourth-order valence-corrected chi connectivity index (χ4v) is 3.76. The van der Waals surface area contributed by atoms with Crippen LogP contribution in [0.3, 0.4) is 0 Å². The molecular formula is C22H27N5OS. The SMILES string of the molecule is CN(C)Cc1cccc(CSCCNc2ncc(Cc3ccccn3)c(=O)[nH]2)c1. The first kappa shape index (κ1) is 21.1. The number of pyridine rings is 1. The van der Waals surface area contributed by atoms with Gasteiger partial charge in [0, 0.05) is 54.7 Å². The number of benzene rings is 1. The molecule has 0 saturated heterocycles. The third kappa shape index (κ3) is 7.03. The fourth-order valence-electron chi connectivity index (χ4n) is 2.95. The Bertz CT molecular complexity index is 959. The number of thioether (sulfide) groups is 1. The van der Waals surface area contributed by atoms with Gasteiger partial charge in [0.05, 0.1) is 0 Å². The molecule has 0 bridgehead atoms. The van der Waals surface area contributed by atoms with E-state index in [1.807, 2.05) is 30.0 Å². The summed E-state index contributed by atoms with van der Waals surface area (Å²) < 4.78 is 0. The van der Waals surface area contributed by atoms with E-state index in [2.05, 4.69) is 63.5 Å². The van der Waals surface area contributed by atoms with Gasteiger partial charge in [0.25, 0.3) is 5.56 Å². The third-order valence-corrected chi connectivity index (χ3v) is 5.30. The van der Waals surface area contributed by atoms with Crippen LogP contribution in [-0.2, 0) is 18.7 Å². The van der Waals surface area contributed by atoms with Crippen molar-refractivity contribution in [1.29, 1.82) is 0 Å². The lowest BCUT2D eigenvalue weighted by Gasteiger charge is -2.11. The maximum Gasteiger partial charge on any atom is 0.255 e. The molecule has 2 heterocycles. The van der Waals surface area contributed by atoms with Crippen LogP contribution in [-0.4, -0.2) is 46.2 Å². The molecule has 3 rings (SSSR count). The second-order valence-corrected chi connectivity index (χ2v) is 8.23. The normalized spacial score (nSPS) is 11.0. The summed E-state index contributed by atoms with van der Waals surface area (Å²) in [7, 11) is 4.16. The third-order valence-electron chi connectivity index (χ3n) is 4.27. The molecule has 29 heavy (non-hydrogen) atoms. The van der Waals surface area contributed by atoms with E-state index >= 15 is 0 Å². The van der Waals surface area contributed by atoms with Crippen LogP contribution in [0.1, 0.15) is 22.4 Å². The number of nitrogens with zero attached hydrogens (tertiary/aromatic N) is 3. The second-order valence-electron chi connectivity index (χ2n) is 7.12. The van der Waals surface area contributed by atoms with E-state index in [0.29, 0.717) is 17.9 Å². The molecule has 3 aromatic rings. The summed E-state index contributed by atoms with van der Waals surface area (Å²) >= 11 is 1.86. The zero-order chi connectivity index (χ0) is 20.5. The van der Waals surface area contributed by atoms with Gasteiger partial charge in [-0.3, -0.25) is 14.8 Å². The van der Waals surface area contributed by atoms with Crippen molar-refractivity contribution in [2.24, 2.45) is 0 Å². The molecule has 0 radical (unpaired) electrons. The molecule has 0 unspecified atom stereocenters. The van der Waals surface area contributed by atoms with E-state index in [9.17, 15) is 4.79 Å². The van der Waals surface area contributed by atoms with Gasteiger partial charge in [-0.25, -0.2) is 4.98 Å². The van der Waals surface area contributed by atoms with Crippen molar-refractivity contribution in [3.8, 4) is 0 Å².